The van der Waals surface area contributed by atoms with E-state index in [0.29, 0.717) is 18.3 Å². The number of aromatic nitrogens is 1. The molecule has 1 aromatic rings. The minimum Gasteiger partial charge on any atom is -0.392 e. The molecule has 1 N–H and O–H groups in total. The molecule has 2 unspecified atom stereocenters. The van der Waals surface area contributed by atoms with Crippen LogP contribution in [0.5, 0.6) is 0 Å². The third kappa shape index (κ3) is 3.92. The van der Waals surface area contributed by atoms with Gasteiger partial charge >= 0.3 is 0 Å². The molecule has 0 fully saturated rings. The molecule has 0 saturated heterocycles. The van der Waals surface area contributed by atoms with Crippen molar-refractivity contribution in [3.63, 3.8) is 0 Å². The molecule has 0 saturated carbocycles. The average Bonchev–Trinajstić information content (AvgIpc) is 2.16. The van der Waals surface area contributed by atoms with Crippen LogP contribution >= 0.6 is 15.9 Å². The van der Waals surface area contributed by atoms with E-state index in [1.54, 1.807) is 12.4 Å². The quantitative estimate of drug-likeness (QED) is 0.913. The molecule has 1 aromatic heterocycles. The molecule has 0 amide bonds. The molecular weight excluding hydrogens is 254 g/mol. The Balaban J connectivity index is 2.62. The molecule has 0 aromatic carbocycles. The van der Waals surface area contributed by atoms with Gasteiger partial charge < -0.3 is 5.11 Å². The molecule has 0 aliphatic rings. The van der Waals surface area contributed by atoms with Gasteiger partial charge in [0.15, 0.2) is 0 Å². The smallest absolute Gasteiger partial charge is 0.0609 e. The first-order valence-electron chi connectivity index (χ1n) is 5.28. The largest absolute Gasteiger partial charge is 0.392 e. The van der Waals surface area contributed by atoms with Crippen molar-refractivity contribution >= 4 is 15.9 Å². The Morgan fingerprint density at radius 1 is 1.33 bits per heavy atom. The van der Waals surface area contributed by atoms with Gasteiger partial charge in [0.1, 0.15) is 0 Å². The normalized spacial score (nSPS) is 15.3. The lowest BCUT2D eigenvalue weighted by Gasteiger charge is -2.22. The highest BCUT2D eigenvalue weighted by Gasteiger charge is 2.17. The predicted octanol–water partition coefficient (Wildman–Crippen LogP) is 3.04. The van der Waals surface area contributed by atoms with Gasteiger partial charge in [-0.25, -0.2) is 0 Å². The third-order valence-corrected chi connectivity index (χ3v) is 3.30. The molecular formula is C12H18BrNO. The van der Waals surface area contributed by atoms with Crippen molar-refractivity contribution in [1.82, 2.24) is 4.98 Å². The molecule has 2 nitrogen and oxygen atoms in total. The van der Waals surface area contributed by atoms with Crippen LogP contribution in [0.1, 0.15) is 26.3 Å². The summed E-state index contributed by atoms with van der Waals surface area (Å²) < 4.78 is 0.962. The Bertz CT molecular complexity index is 314. The molecule has 84 valence electrons. The van der Waals surface area contributed by atoms with Crippen molar-refractivity contribution in [2.75, 3.05) is 0 Å². The molecule has 15 heavy (non-hydrogen) atoms. The lowest BCUT2D eigenvalue weighted by molar-refractivity contribution is 0.0921. The van der Waals surface area contributed by atoms with E-state index in [4.69, 9.17) is 0 Å². The first kappa shape index (κ1) is 12.7. The van der Waals surface area contributed by atoms with Crippen molar-refractivity contribution in [1.29, 1.82) is 0 Å². The van der Waals surface area contributed by atoms with E-state index >= 15 is 0 Å². The Hall–Kier alpha value is -0.410. The molecule has 1 heterocycles. The van der Waals surface area contributed by atoms with E-state index in [-0.39, 0.29) is 6.10 Å². The summed E-state index contributed by atoms with van der Waals surface area (Å²) in [5.41, 5.74) is 1.07. The van der Waals surface area contributed by atoms with E-state index in [1.807, 2.05) is 6.07 Å². The molecule has 0 aliphatic carbocycles. The maximum Gasteiger partial charge on any atom is 0.0609 e. The van der Waals surface area contributed by atoms with Gasteiger partial charge in [-0.05, 0) is 39.4 Å². The number of pyridine rings is 1. The second-order valence-electron chi connectivity index (χ2n) is 4.39. The summed E-state index contributed by atoms with van der Waals surface area (Å²) in [6.45, 7) is 6.35. The van der Waals surface area contributed by atoms with Gasteiger partial charge in [0, 0.05) is 23.3 Å². The first-order chi connectivity index (χ1) is 7.00. The number of rotatable bonds is 4. The molecule has 3 heteroatoms. The van der Waals surface area contributed by atoms with Gasteiger partial charge in [-0.3, -0.25) is 4.98 Å². The van der Waals surface area contributed by atoms with Crippen LogP contribution in [0.25, 0.3) is 0 Å². The molecule has 0 spiro atoms. The Labute approximate surface area is 99.9 Å². The second-order valence-corrected chi connectivity index (χ2v) is 5.30. The van der Waals surface area contributed by atoms with Crippen molar-refractivity contribution in [2.24, 2.45) is 11.8 Å². The highest BCUT2D eigenvalue weighted by Crippen LogP contribution is 2.19. The highest BCUT2D eigenvalue weighted by molar-refractivity contribution is 9.10. The number of hydrogen-bond donors (Lipinski definition) is 1. The summed E-state index contributed by atoms with van der Waals surface area (Å²) in [7, 11) is 0. The van der Waals surface area contributed by atoms with Crippen LogP contribution in [0.15, 0.2) is 22.9 Å². The van der Waals surface area contributed by atoms with Crippen LogP contribution in [0, 0.1) is 11.8 Å². The summed E-state index contributed by atoms with van der Waals surface area (Å²) >= 11 is 3.37. The minimum absolute atomic E-state index is 0.291. The lowest BCUT2D eigenvalue weighted by Crippen LogP contribution is -2.24. The van der Waals surface area contributed by atoms with Crippen molar-refractivity contribution in [3.8, 4) is 0 Å². The van der Waals surface area contributed by atoms with Gasteiger partial charge in [-0.15, -0.1) is 0 Å². The number of aliphatic hydroxyl groups is 1. The lowest BCUT2D eigenvalue weighted by atomic mass is 9.89. The zero-order valence-electron chi connectivity index (χ0n) is 9.44. The zero-order valence-corrected chi connectivity index (χ0v) is 11.0. The van der Waals surface area contributed by atoms with Crippen LogP contribution in [0.2, 0.25) is 0 Å². The van der Waals surface area contributed by atoms with E-state index in [9.17, 15) is 5.11 Å². The standard InChI is InChI=1S/C12H18BrNO/c1-8(2)9(3)12(15)5-10-4-11(13)7-14-6-10/h4,6-9,12,15H,5H2,1-3H3. The van der Waals surface area contributed by atoms with Gasteiger partial charge in [0.05, 0.1) is 6.10 Å². The fraction of sp³-hybridized carbons (Fsp3) is 0.583. The van der Waals surface area contributed by atoms with Gasteiger partial charge in [-0.1, -0.05) is 20.8 Å². The summed E-state index contributed by atoms with van der Waals surface area (Å²) in [5.74, 6) is 0.809. The Kier molecular flexibility index (Phi) is 4.74. The zero-order chi connectivity index (χ0) is 11.4. The van der Waals surface area contributed by atoms with Crippen LogP contribution < -0.4 is 0 Å². The van der Waals surface area contributed by atoms with E-state index in [2.05, 4.69) is 41.7 Å². The monoisotopic (exact) mass is 271 g/mol. The molecule has 0 aliphatic heterocycles. The summed E-state index contributed by atoms with van der Waals surface area (Å²) in [4.78, 5) is 4.08. The van der Waals surface area contributed by atoms with E-state index in [0.717, 1.165) is 10.0 Å². The predicted molar refractivity (Wildman–Crippen MR) is 65.6 cm³/mol. The maximum absolute atomic E-state index is 9.99. The number of hydrogen-bond acceptors (Lipinski definition) is 2. The van der Waals surface area contributed by atoms with Gasteiger partial charge in [-0.2, -0.15) is 0 Å². The molecule has 0 bridgehead atoms. The fourth-order valence-corrected chi connectivity index (χ4v) is 1.85. The summed E-state index contributed by atoms with van der Waals surface area (Å²) in [5, 5.41) is 9.99. The Morgan fingerprint density at radius 2 is 2.00 bits per heavy atom. The van der Waals surface area contributed by atoms with Crippen LogP contribution in [0.3, 0.4) is 0 Å². The number of halogens is 1. The topological polar surface area (TPSA) is 33.1 Å². The molecule has 1 rings (SSSR count). The van der Waals surface area contributed by atoms with Gasteiger partial charge in [0.2, 0.25) is 0 Å². The highest BCUT2D eigenvalue weighted by atomic mass is 79.9. The number of aliphatic hydroxyl groups excluding tert-OH is 1. The summed E-state index contributed by atoms with van der Waals surface area (Å²) in [6, 6.07) is 2.00. The fourth-order valence-electron chi connectivity index (χ4n) is 1.44. The van der Waals surface area contributed by atoms with Crippen molar-refractivity contribution in [3.05, 3.63) is 28.5 Å². The van der Waals surface area contributed by atoms with Crippen LogP contribution in [0.4, 0.5) is 0 Å². The number of nitrogens with zero attached hydrogens (tertiary/aromatic N) is 1. The Morgan fingerprint density at radius 3 is 2.53 bits per heavy atom. The third-order valence-electron chi connectivity index (χ3n) is 2.86. The maximum atomic E-state index is 9.99. The van der Waals surface area contributed by atoms with Crippen molar-refractivity contribution < 1.29 is 5.11 Å². The van der Waals surface area contributed by atoms with E-state index < -0.39 is 0 Å². The SMILES string of the molecule is CC(C)C(C)C(O)Cc1cncc(Br)c1. The van der Waals surface area contributed by atoms with Crippen molar-refractivity contribution in [2.45, 2.75) is 33.3 Å². The molecule has 2 atom stereocenters. The first-order valence-corrected chi connectivity index (χ1v) is 6.07. The average molecular weight is 272 g/mol. The second kappa shape index (κ2) is 5.61. The van der Waals surface area contributed by atoms with Gasteiger partial charge in [0.25, 0.3) is 0 Å². The van der Waals surface area contributed by atoms with Crippen LogP contribution in [-0.4, -0.2) is 16.2 Å². The minimum atomic E-state index is -0.291. The molecule has 0 radical (unpaired) electrons. The van der Waals surface area contributed by atoms with E-state index in [1.165, 1.54) is 0 Å². The van der Waals surface area contributed by atoms with Crippen LogP contribution in [-0.2, 0) is 6.42 Å². The summed E-state index contributed by atoms with van der Waals surface area (Å²) in [6.07, 6.45) is 3.94.